The number of anilines is 1. The molecule has 0 radical (unpaired) electrons. The zero-order valence-corrected chi connectivity index (χ0v) is 11.9. The first-order chi connectivity index (χ1) is 8.95. The number of nitrogens with two attached hydrogens (primary N) is 1. The zero-order valence-electron chi connectivity index (χ0n) is 11.9. The number of aryl methyl sites for hydroxylation is 1. The van der Waals surface area contributed by atoms with Crippen LogP contribution < -0.4 is 5.73 Å². The molecular weight excluding hydrogens is 241 g/mol. The van der Waals surface area contributed by atoms with Gasteiger partial charge >= 0.3 is 0 Å². The lowest BCUT2D eigenvalue weighted by Crippen LogP contribution is -2.06. The third kappa shape index (κ3) is 2.35. The van der Waals surface area contributed by atoms with Gasteiger partial charge in [0.15, 0.2) is 0 Å². The minimum absolute atomic E-state index is 0.267. The van der Waals surface area contributed by atoms with Gasteiger partial charge in [0.25, 0.3) is 0 Å². The minimum Gasteiger partial charge on any atom is -0.383 e. The summed E-state index contributed by atoms with van der Waals surface area (Å²) in [5.74, 6) is 1.57. The lowest BCUT2D eigenvalue weighted by atomic mass is 10.1. The molecule has 0 unspecified atom stereocenters. The van der Waals surface area contributed by atoms with Gasteiger partial charge in [0.2, 0.25) is 0 Å². The standard InChI is InChI=1S/C15H20FN3/c1-5-19-14(17)13(18-15(19)9(2)3)12-8-11(16)7-6-10(12)4/h6-9H,5,17H2,1-4H3. The molecule has 0 fully saturated rings. The van der Waals surface area contributed by atoms with Gasteiger partial charge in [-0.2, -0.15) is 0 Å². The Morgan fingerprint density at radius 3 is 2.58 bits per heavy atom. The average molecular weight is 261 g/mol. The summed E-state index contributed by atoms with van der Waals surface area (Å²) in [5, 5.41) is 0. The van der Waals surface area contributed by atoms with Crippen molar-refractivity contribution in [2.24, 2.45) is 0 Å². The third-order valence-corrected chi connectivity index (χ3v) is 3.32. The van der Waals surface area contributed by atoms with Crippen molar-refractivity contribution in [3.05, 3.63) is 35.4 Å². The number of aromatic nitrogens is 2. The summed E-state index contributed by atoms with van der Waals surface area (Å²) in [6, 6.07) is 4.71. The van der Waals surface area contributed by atoms with Crippen molar-refractivity contribution in [3.8, 4) is 11.3 Å². The lowest BCUT2D eigenvalue weighted by Gasteiger charge is -2.08. The first kappa shape index (κ1) is 13.6. The van der Waals surface area contributed by atoms with Gasteiger partial charge < -0.3 is 10.3 Å². The number of hydrogen-bond donors (Lipinski definition) is 1. The molecule has 1 heterocycles. The highest BCUT2D eigenvalue weighted by Crippen LogP contribution is 2.31. The molecule has 0 aliphatic heterocycles. The molecule has 0 amide bonds. The summed E-state index contributed by atoms with van der Waals surface area (Å²) in [4.78, 5) is 4.62. The maximum Gasteiger partial charge on any atom is 0.131 e. The van der Waals surface area contributed by atoms with E-state index in [2.05, 4.69) is 18.8 Å². The van der Waals surface area contributed by atoms with Crippen LogP contribution in [0, 0.1) is 12.7 Å². The van der Waals surface area contributed by atoms with Gasteiger partial charge in [0, 0.05) is 18.0 Å². The predicted molar refractivity (Wildman–Crippen MR) is 76.5 cm³/mol. The fourth-order valence-electron chi connectivity index (χ4n) is 2.30. The van der Waals surface area contributed by atoms with Gasteiger partial charge in [0.1, 0.15) is 23.2 Å². The molecule has 2 N–H and O–H groups in total. The van der Waals surface area contributed by atoms with E-state index in [1.54, 1.807) is 6.07 Å². The largest absolute Gasteiger partial charge is 0.383 e. The Labute approximate surface area is 113 Å². The smallest absolute Gasteiger partial charge is 0.131 e. The summed E-state index contributed by atoms with van der Waals surface area (Å²) in [5.41, 5.74) is 8.61. The molecular formula is C15H20FN3. The van der Waals surface area contributed by atoms with E-state index < -0.39 is 0 Å². The van der Waals surface area contributed by atoms with E-state index >= 15 is 0 Å². The highest BCUT2D eigenvalue weighted by molar-refractivity contribution is 5.73. The second kappa shape index (κ2) is 5.03. The highest BCUT2D eigenvalue weighted by atomic mass is 19.1. The molecule has 102 valence electrons. The van der Waals surface area contributed by atoms with Crippen LogP contribution in [0.5, 0.6) is 0 Å². The molecule has 2 rings (SSSR count). The van der Waals surface area contributed by atoms with Gasteiger partial charge in [0.05, 0.1) is 0 Å². The molecule has 0 aliphatic rings. The Kier molecular flexibility index (Phi) is 3.60. The zero-order chi connectivity index (χ0) is 14.2. The van der Waals surface area contributed by atoms with E-state index in [9.17, 15) is 4.39 Å². The van der Waals surface area contributed by atoms with Crippen LogP contribution in [0.2, 0.25) is 0 Å². The van der Waals surface area contributed by atoms with Crippen molar-refractivity contribution in [1.29, 1.82) is 0 Å². The van der Waals surface area contributed by atoms with Crippen LogP contribution >= 0.6 is 0 Å². The number of imidazole rings is 1. The number of benzene rings is 1. The van der Waals surface area contributed by atoms with E-state index in [1.165, 1.54) is 12.1 Å². The fourth-order valence-corrected chi connectivity index (χ4v) is 2.30. The molecule has 0 bridgehead atoms. The SMILES string of the molecule is CCn1c(C(C)C)nc(-c2cc(F)ccc2C)c1N. The average Bonchev–Trinajstić information content (AvgIpc) is 2.69. The van der Waals surface area contributed by atoms with Crippen LogP contribution in [0.25, 0.3) is 11.3 Å². The quantitative estimate of drug-likeness (QED) is 0.915. The van der Waals surface area contributed by atoms with E-state index in [4.69, 9.17) is 5.73 Å². The molecule has 0 saturated carbocycles. The van der Waals surface area contributed by atoms with E-state index in [1.807, 2.05) is 18.4 Å². The van der Waals surface area contributed by atoms with Gasteiger partial charge in [-0.05, 0) is 31.5 Å². The van der Waals surface area contributed by atoms with E-state index in [-0.39, 0.29) is 11.7 Å². The van der Waals surface area contributed by atoms with Gasteiger partial charge in [-0.25, -0.2) is 9.37 Å². The topological polar surface area (TPSA) is 43.8 Å². The van der Waals surface area contributed by atoms with Crippen LogP contribution in [-0.2, 0) is 6.54 Å². The Hall–Kier alpha value is -1.84. The van der Waals surface area contributed by atoms with Gasteiger partial charge in [-0.3, -0.25) is 0 Å². The summed E-state index contributed by atoms with van der Waals surface area (Å²) < 4.78 is 15.4. The Morgan fingerprint density at radius 2 is 2.05 bits per heavy atom. The summed E-state index contributed by atoms with van der Waals surface area (Å²) >= 11 is 0. The number of rotatable bonds is 3. The molecule has 0 saturated heterocycles. The van der Waals surface area contributed by atoms with Crippen molar-refractivity contribution < 1.29 is 4.39 Å². The second-order valence-corrected chi connectivity index (χ2v) is 5.06. The van der Waals surface area contributed by atoms with Crippen LogP contribution in [-0.4, -0.2) is 9.55 Å². The second-order valence-electron chi connectivity index (χ2n) is 5.06. The van der Waals surface area contributed by atoms with Crippen LogP contribution in [0.1, 0.15) is 38.1 Å². The van der Waals surface area contributed by atoms with Gasteiger partial charge in [-0.1, -0.05) is 19.9 Å². The van der Waals surface area contributed by atoms with Crippen molar-refractivity contribution >= 4 is 5.82 Å². The highest BCUT2D eigenvalue weighted by Gasteiger charge is 2.18. The van der Waals surface area contributed by atoms with Crippen LogP contribution in [0.3, 0.4) is 0 Å². The van der Waals surface area contributed by atoms with Crippen molar-refractivity contribution in [3.63, 3.8) is 0 Å². The molecule has 19 heavy (non-hydrogen) atoms. The first-order valence-electron chi connectivity index (χ1n) is 6.58. The molecule has 0 spiro atoms. The monoisotopic (exact) mass is 261 g/mol. The van der Waals surface area contributed by atoms with Gasteiger partial charge in [-0.15, -0.1) is 0 Å². The molecule has 3 nitrogen and oxygen atoms in total. The molecule has 1 aromatic heterocycles. The van der Waals surface area contributed by atoms with E-state index in [0.717, 1.165) is 23.5 Å². The Balaban J connectivity index is 2.66. The number of nitrogens with zero attached hydrogens (tertiary/aromatic N) is 2. The lowest BCUT2D eigenvalue weighted by molar-refractivity contribution is 0.628. The normalized spacial score (nSPS) is 11.3. The summed E-state index contributed by atoms with van der Waals surface area (Å²) in [6.45, 7) is 8.90. The third-order valence-electron chi connectivity index (χ3n) is 3.32. The maximum absolute atomic E-state index is 13.4. The maximum atomic E-state index is 13.4. The number of nitrogen functional groups attached to an aromatic ring is 1. The van der Waals surface area contributed by atoms with E-state index in [0.29, 0.717) is 11.5 Å². The molecule has 0 atom stereocenters. The molecule has 0 aliphatic carbocycles. The Morgan fingerprint density at radius 1 is 1.37 bits per heavy atom. The fraction of sp³-hybridized carbons (Fsp3) is 0.400. The number of hydrogen-bond acceptors (Lipinski definition) is 2. The minimum atomic E-state index is -0.267. The van der Waals surface area contributed by atoms with Crippen LogP contribution in [0.15, 0.2) is 18.2 Å². The van der Waals surface area contributed by atoms with Crippen LogP contribution in [0.4, 0.5) is 10.2 Å². The molecule has 1 aromatic carbocycles. The predicted octanol–water partition coefficient (Wildman–Crippen LogP) is 3.72. The molecule has 4 heteroatoms. The van der Waals surface area contributed by atoms with Crippen molar-refractivity contribution in [2.45, 2.75) is 40.2 Å². The number of halogens is 1. The molecule has 2 aromatic rings. The van der Waals surface area contributed by atoms with Crippen molar-refractivity contribution in [2.75, 3.05) is 5.73 Å². The summed E-state index contributed by atoms with van der Waals surface area (Å²) in [6.07, 6.45) is 0. The van der Waals surface area contributed by atoms with Crippen molar-refractivity contribution in [1.82, 2.24) is 9.55 Å². The summed E-state index contributed by atoms with van der Waals surface area (Å²) in [7, 11) is 0. The first-order valence-corrected chi connectivity index (χ1v) is 6.58. The Bertz CT molecular complexity index is 600.